The number of rotatable bonds is 6. The Morgan fingerprint density at radius 2 is 2.29 bits per heavy atom. The fourth-order valence-corrected chi connectivity index (χ4v) is 4.72. The van der Waals surface area contributed by atoms with E-state index in [0.29, 0.717) is 6.04 Å². The summed E-state index contributed by atoms with van der Waals surface area (Å²) in [6, 6.07) is 0.670. The highest BCUT2D eigenvalue weighted by Crippen LogP contribution is 2.20. The third kappa shape index (κ3) is 5.60. The van der Waals surface area contributed by atoms with Gasteiger partial charge in [-0.1, -0.05) is 23.9 Å². The topological polar surface area (TPSA) is 43.8 Å². The lowest BCUT2D eigenvalue weighted by Gasteiger charge is -2.25. The van der Waals surface area contributed by atoms with Gasteiger partial charge in [-0.3, -0.25) is 9.89 Å². The molecule has 1 N–H and O–H groups in total. The van der Waals surface area contributed by atoms with E-state index in [9.17, 15) is 0 Å². The van der Waals surface area contributed by atoms with E-state index in [1.165, 1.54) is 6.42 Å². The van der Waals surface area contributed by atoms with Crippen molar-refractivity contribution in [3.8, 4) is 0 Å². The van der Waals surface area contributed by atoms with Gasteiger partial charge < -0.3 is 10.2 Å². The molecule has 0 aromatic carbocycles. The van der Waals surface area contributed by atoms with Crippen molar-refractivity contribution >= 4 is 53.0 Å². The van der Waals surface area contributed by atoms with Gasteiger partial charge in [0.05, 0.1) is 0 Å². The summed E-state index contributed by atoms with van der Waals surface area (Å²) in [5.74, 6) is 2.15. The van der Waals surface area contributed by atoms with Crippen LogP contribution in [0.25, 0.3) is 0 Å². The van der Waals surface area contributed by atoms with E-state index in [1.807, 2.05) is 30.4 Å². The van der Waals surface area contributed by atoms with E-state index < -0.39 is 0 Å². The van der Waals surface area contributed by atoms with Crippen molar-refractivity contribution in [3.63, 3.8) is 0 Å². The lowest BCUT2D eigenvalue weighted by Crippen LogP contribution is -2.43. The van der Waals surface area contributed by atoms with Crippen LogP contribution in [-0.2, 0) is 0 Å². The van der Waals surface area contributed by atoms with Gasteiger partial charge in [0.25, 0.3) is 0 Å². The van der Waals surface area contributed by atoms with E-state index in [2.05, 4.69) is 37.2 Å². The van der Waals surface area contributed by atoms with Crippen LogP contribution in [0.5, 0.6) is 0 Å². The smallest absolute Gasteiger partial charge is 0.193 e. The number of hydrogen-bond acceptors (Lipinski definition) is 5. The Morgan fingerprint density at radius 3 is 3.00 bits per heavy atom. The molecule has 0 bridgehead atoms. The zero-order chi connectivity index (χ0) is 15.9. The summed E-state index contributed by atoms with van der Waals surface area (Å²) >= 11 is 3.55. The number of nitrogens with zero attached hydrogens (tertiary/aromatic N) is 4. The maximum atomic E-state index is 4.46. The van der Waals surface area contributed by atoms with E-state index in [4.69, 9.17) is 0 Å². The fourth-order valence-electron chi connectivity index (χ4n) is 3.07. The monoisotopic (exact) mass is 479 g/mol. The van der Waals surface area contributed by atoms with Gasteiger partial charge in [-0.25, -0.2) is 4.98 Å². The molecule has 2 aliphatic rings. The van der Waals surface area contributed by atoms with E-state index in [1.54, 1.807) is 11.3 Å². The standard InChI is InChI=1S/C16H25N5S2.HI/c1-17-15(18-6-4-11-22-16-19-7-12-23-16)21-10-5-14(13-21)20-8-2-3-9-20;/h2-3,7,12,14H,4-6,8-11,13H2,1H3,(H,17,18);1H. The number of aliphatic imine (C=N–C) groups is 1. The molecule has 2 aliphatic heterocycles. The van der Waals surface area contributed by atoms with Gasteiger partial charge in [0.1, 0.15) is 4.34 Å². The van der Waals surface area contributed by atoms with E-state index >= 15 is 0 Å². The van der Waals surface area contributed by atoms with Gasteiger partial charge in [-0.2, -0.15) is 0 Å². The van der Waals surface area contributed by atoms with Crippen molar-refractivity contribution in [1.82, 2.24) is 20.1 Å². The number of guanidine groups is 1. The van der Waals surface area contributed by atoms with Crippen LogP contribution >= 0.6 is 47.1 Å². The van der Waals surface area contributed by atoms with Crippen LogP contribution in [0.3, 0.4) is 0 Å². The number of thioether (sulfide) groups is 1. The fraction of sp³-hybridized carbons (Fsp3) is 0.625. The maximum absolute atomic E-state index is 4.46. The first-order valence-corrected chi connectivity index (χ1v) is 10.1. The second-order valence-corrected chi connectivity index (χ2v) is 8.02. The zero-order valence-corrected chi connectivity index (χ0v) is 18.0. The first kappa shape index (κ1) is 20.0. The van der Waals surface area contributed by atoms with Gasteiger partial charge >= 0.3 is 0 Å². The summed E-state index contributed by atoms with van der Waals surface area (Å²) in [5, 5.41) is 5.54. The quantitative estimate of drug-likeness (QED) is 0.170. The van der Waals surface area contributed by atoms with Crippen LogP contribution in [0, 0.1) is 0 Å². The zero-order valence-electron chi connectivity index (χ0n) is 14.1. The minimum absolute atomic E-state index is 0. The summed E-state index contributed by atoms with van der Waals surface area (Å²) in [6.07, 6.45) is 8.78. The minimum Gasteiger partial charge on any atom is -0.356 e. The Hall–Kier alpha value is -0.320. The van der Waals surface area contributed by atoms with Crippen molar-refractivity contribution < 1.29 is 0 Å². The molecule has 24 heavy (non-hydrogen) atoms. The van der Waals surface area contributed by atoms with Crippen LogP contribution in [0.2, 0.25) is 0 Å². The molecule has 0 radical (unpaired) electrons. The summed E-state index contributed by atoms with van der Waals surface area (Å²) < 4.78 is 1.16. The lowest BCUT2D eigenvalue weighted by atomic mass is 10.2. The highest BCUT2D eigenvalue weighted by molar-refractivity contribution is 14.0. The molecule has 1 aromatic heterocycles. The lowest BCUT2D eigenvalue weighted by molar-refractivity contribution is 0.259. The van der Waals surface area contributed by atoms with E-state index in [-0.39, 0.29) is 24.0 Å². The number of likely N-dealkylation sites (tertiary alicyclic amines) is 1. The van der Waals surface area contributed by atoms with Gasteiger partial charge in [-0.05, 0) is 12.8 Å². The van der Waals surface area contributed by atoms with Gasteiger partial charge in [0.15, 0.2) is 5.96 Å². The molecule has 0 saturated carbocycles. The SMILES string of the molecule is CN=C(NCCCSc1nccs1)N1CCC(N2CC=CC2)C1.I. The molecule has 1 unspecified atom stereocenters. The summed E-state index contributed by atoms with van der Waals surface area (Å²) in [5.41, 5.74) is 0. The molecule has 1 atom stereocenters. The Bertz CT molecular complexity index is 527. The predicted molar refractivity (Wildman–Crippen MR) is 115 cm³/mol. The van der Waals surface area contributed by atoms with E-state index in [0.717, 1.165) is 55.2 Å². The molecule has 1 saturated heterocycles. The Labute approximate surface area is 170 Å². The molecule has 3 rings (SSSR count). The third-order valence-electron chi connectivity index (χ3n) is 4.28. The minimum atomic E-state index is 0. The van der Waals surface area contributed by atoms with Crippen LogP contribution in [0.1, 0.15) is 12.8 Å². The largest absolute Gasteiger partial charge is 0.356 e. The first-order chi connectivity index (χ1) is 11.4. The highest BCUT2D eigenvalue weighted by atomic mass is 127. The molecule has 1 fully saturated rings. The van der Waals surface area contributed by atoms with Crippen LogP contribution in [-0.4, -0.2) is 72.3 Å². The van der Waals surface area contributed by atoms with Gasteiger partial charge in [-0.15, -0.1) is 35.3 Å². The second kappa shape index (κ2) is 10.6. The first-order valence-electron chi connectivity index (χ1n) is 8.24. The molecule has 8 heteroatoms. The van der Waals surface area contributed by atoms with Crippen molar-refractivity contribution in [2.45, 2.75) is 23.2 Å². The molecule has 134 valence electrons. The number of nitrogens with one attached hydrogen (secondary N) is 1. The Kier molecular flexibility index (Phi) is 8.85. The Balaban J connectivity index is 0.00000208. The molecule has 5 nitrogen and oxygen atoms in total. The van der Waals surface area contributed by atoms with Crippen molar-refractivity contribution in [1.29, 1.82) is 0 Å². The van der Waals surface area contributed by atoms with Crippen LogP contribution < -0.4 is 5.32 Å². The average Bonchev–Trinajstić information content (AvgIpc) is 3.32. The Morgan fingerprint density at radius 1 is 1.46 bits per heavy atom. The van der Waals surface area contributed by atoms with Crippen LogP contribution in [0.15, 0.2) is 33.1 Å². The van der Waals surface area contributed by atoms with Crippen molar-refractivity contribution in [3.05, 3.63) is 23.7 Å². The molecule has 0 spiro atoms. The van der Waals surface area contributed by atoms with Crippen molar-refractivity contribution in [2.75, 3.05) is 45.5 Å². The number of thiazole rings is 1. The average molecular weight is 479 g/mol. The molecule has 1 aromatic rings. The number of hydrogen-bond donors (Lipinski definition) is 1. The van der Waals surface area contributed by atoms with Crippen molar-refractivity contribution in [2.24, 2.45) is 4.99 Å². The molecule has 0 amide bonds. The normalized spacial score (nSPS) is 21.3. The molecular formula is C16H26IN5S2. The predicted octanol–water partition coefficient (Wildman–Crippen LogP) is 2.76. The third-order valence-corrected chi connectivity index (χ3v) is 6.33. The number of halogens is 1. The summed E-state index contributed by atoms with van der Waals surface area (Å²) in [7, 11) is 1.89. The maximum Gasteiger partial charge on any atom is 0.193 e. The summed E-state index contributed by atoms with van der Waals surface area (Å²) in [4.78, 5) is 13.7. The molecule has 0 aliphatic carbocycles. The van der Waals surface area contributed by atoms with Crippen LogP contribution in [0.4, 0.5) is 0 Å². The molecular weight excluding hydrogens is 453 g/mol. The summed E-state index contributed by atoms with van der Waals surface area (Å²) in [6.45, 7) is 5.39. The van der Waals surface area contributed by atoms with Gasteiger partial charge in [0, 0.05) is 63.1 Å². The second-order valence-electron chi connectivity index (χ2n) is 5.79. The highest BCUT2D eigenvalue weighted by Gasteiger charge is 2.29. The number of aromatic nitrogens is 1. The molecule has 3 heterocycles. The van der Waals surface area contributed by atoms with Gasteiger partial charge in [0.2, 0.25) is 0 Å².